The number of aromatic nitrogens is 2. The molecule has 7 heteroatoms. The first-order valence-electron chi connectivity index (χ1n) is 6.86. The summed E-state index contributed by atoms with van der Waals surface area (Å²) in [6, 6.07) is 1.86. The van der Waals surface area contributed by atoms with Gasteiger partial charge in [0.1, 0.15) is 5.82 Å². The second kappa shape index (κ2) is 6.87. The lowest BCUT2D eigenvalue weighted by molar-refractivity contribution is 0.323. The summed E-state index contributed by atoms with van der Waals surface area (Å²) in [5.74, 6) is 2.09. The number of anilines is 2. The van der Waals surface area contributed by atoms with Gasteiger partial charge in [-0.1, -0.05) is 12.7 Å². The third-order valence-electron chi connectivity index (χ3n) is 3.46. The number of nitrogens with zero attached hydrogens (tertiary/aromatic N) is 2. The molecule has 2 rings (SSSR count). The number of nitrogens with two attached hydrogens (primary N) is 2. The van der Waals surface area contributed by atoms with Crippen molar-refractivity contribution in [3.63, 3.8) is 0 Å². The van der Waals surface area contributed by atoms with Crippen molar-refractivity contribution in [2.24, 2.45) is 0 Å². The van der Waals surface area contributed by atoms with Crippen LogP contribution in [0.5, 0.6) is 17.2 Å². The molecule has 1 aromatic heterocycles. The van der Waals surface area contributed by atoms with Gasteiger partial charge in [-0.25, -0.2) is 4.98 Å². The number of hydrogen-bond acceptors (Lipinski definition) is 7. The van der Waals surface area contributed by atoms with E-state index in [2.05, 4.69) is 16.5 Å². The van der Waals surface area contributed by atoms with Crippen LogP contribution in [0.15, 0.2) is 18.8 Å². The largest absolute Gasteiger partial charge is 0.493 e. The summed E-state index contributed by atoms with van der Waals surface area (Å²) in [7, 11) is 4.68. The average Bonchev–Trinajstić information content (AvgIpc) is 2.55. The minimum atomic E-state index is 0.139. The molecule has 0 saturated carbocycles. The van der Waals surface area contributed by atoms with Crippen molar-refractivity contribution < 1.29 is 14.2 Å². The molecule has 0 saturated heterocycles. The number of ether oxygens (including phenoxy) is 3. The molecule has 0 atom stereocenters. The van der Waals surface area contributed by atoms with Crippen molar-refractivity contribution in [2.75, 3.05) is 32.8 Å². The molecule has 0 unspecified atom stereocenters. The molecule has 0 amide bonds. The van der Waals surface area contributed by atoms with Crippen LogP contribution >= 0.6 is 0 Å². The third-order valence-corrected chi connectivity index (χ3v) is 3.46. The monoisotopic (exact) mass is 316 g/mol. The van der Waals surface area contributed by atoms with E-state index < -0.39 is 0 Å². The Kier molecular flexibility index (Phi) is 4.90. The molecular formula is C16H20N4O3. The van der Waals surface area contributed by atoms with E-state index in [0.717, 1.165) is 16.7 Å². The van der Waals surface area contributed by atoms with Crippen LogP contribution in [0.3, 0.4) is 0 Å². The first kappa shape index (κ1) is 16.4. The number of rotatable bonds is 6. The molecule has 0 radical (unpaired) electrons. The van der Waals surface area contributed by atoms with E-state index in [-0.39, 0.29) is 5.95 Å². The standard InChI is InChI=1S/C16H20N4O3/c1-5-11-9(6-10-8-19-16(18)20-15(10)17)7-12(21-2)14(23-4)13(11)22-3/h5,7-8H,1,6H2,2-4H3,(H4,17,18,19,20). The van der Waals surface area contributed by atoms with Crippen LogP contribution < -0.4 is 25.7 Å². The third kappa shape index (κ3) is 3.13. The van der Waals surface area contributed by atoms with Crippen molar-refractivity contribution in [1.82, 2.24) is 9.97 Å². The predicted molar refractivity (Wildman–Crippen MR) is 89.9 cm³/mol. The van der Waals surface area contributed by atoms with Gasteiger partial charge in [-0.2, -0.15) is 4.98 Å². The maximum atomic E-state index is 5.91. The van der Waals surface area contributed by atoms with Crippen LogP contribution in [-0.4, -0.2) is 31.3 Å². The maximum absolute atomic E-state index is 5.91. The first-order chi connectivity index (χ1) is 11.0. The molecule has 122 valence electrons. The molecule has 2 aromatic rings. The van der Waals surface area contributed by atoms with E-state index in [0.29, 0.717) is 29.5 Å². The Balaban J connectivity index is 2.59. The SMILES string of the molecule is C=Cc1c(Cc2cnc(N)nc2N)cc(OC)c(OC)c1OC. The van der Waals surface area contributed by atoms with Gasteiger partial charge in [-0.3, -0.25) is 0 Å². The van der Waals surface area contributed by atoms with E-state index >= 15 is 0 Å². The molecule has 0 aliphatic rings. The number of hydrogen-bond donors (Lipinski definition) is 2. The molecule has 7 nitrogen and oxygen atoms in total. The smallest absolute Gasteiger partial charge is 0.221 e. The van der Waals surface area contributed by atoms with E-state index in [4.69, 9.17) is 25.7 Å². The minimum absolute atomic E-state index is 0.139. The Morgan fingerprint density at radius 3 is 2.30 bits per heavy atom. The molecular weight excluding hydrogens is 296 g/mol. The van der Waals surface area contributed by atoms with Gasteiger partial charge in [0.15, 0.2) is 11.5 Å². The Labute approximate surface area is 134 Å². The van der Waals surface area contributed by atoms with Gasteiger partial charge < -0.3 is 25.7 Å². The molecule has 1 aromatic carbocycles. The predicted octanol–water partition coefficient (Wildman–Crippen LogP) is 1.90. The van der Waals surface area contributed by atoms with Gasteiger partial charge in [0.05, 0.1) is 21.3 Å². The first-order valence-corrected chi connectivity index (χ1v) is 6.86. The zero-order valence-electron chi connectivity index (χ0n) is 13.4. The quantitative estimate of drug-likeness (QED) is 0.838. The van der Waals surface area contributed by atoms with E-state index in [1.54, 1.807) is 33.6 Å². The molecule has 0 bridgehead atoms. The number of benzene rings is 1. The second-order valence-corrected chi connectivity index (χ2v) is 4.74. The summed E-state index contributed by atoms with van der Waals surface area (Å²) < 4.78 is 16.2. The van der Waals surface area contributed by atoms with Crippen molar-refractivity contribution in [3.8, 4) is 17.2 Å². The highest BCUT2D eigenvalue weighted by Crippen LogP contribution is 2.43. The van der Waals surface area contributed by atoms with Gasteiger partial charge in [0.25, 0.3) is 0 Å². The molecule has 0 spiro atoms. The summed E-state index contributed by atoms with van der Waals surface area (Å²) in [6.07, 6.45) is 3.78. The summed E-state index contributed by atoms with van der Waals surface area (Å²) in [5, 5.41) is 0. The second-order valence-electron chi connectivity index (χ2n) is 4.74. The van der Waals surface area contributed by atoms with Gasteiger partial charge in [0.2, 0.25) is 11.7 Å². The lowest BCUT2D eigenvalue weighted by Crippen LogP contribution is -2.06. The number of methoxy groups -OCH3 is 3. The fourth-order valence-electron chi connectivity index (χ4n) is 2.37. The molecule has 23 heavy (non-hydrogen) atoms. The van der Waals surface area contributed by atoms with Gasteiger partial charge >= 0.3 is 0 Å². The topological polar surface area (TPSA) is 106 Å². The molecule has 0 aliphatic carbocycles. The van der Waals surface area contributed by atoms with Crippen LogP contribution in [-0.2, 0) is 6.42 Å². The Morgan fingerprint density at radius 2 is 1.78 bits per heavy atom. The van der Waals surface area contributed by atoms with Crippen LogP contribution in [0.2, 0.25) is 0 Å². The highest BCUT2D eigenvalue weighted by Gasteiger charge is 2.19. The maximum Gasteiger partial charge on any atom is 0.221 e. The number of nitrogen functional groups attached to an aromatic ring is 2. The van der Waals surface area contributed by atoms with E-state index in [9.17, 15) is 0 Å². The summed E-state index contributed by atoms with van der Waals surface area (Å²) >= 11 is 0. The molecule has 4 N–H and O–H groups in total. The average molecular weight is 316 g/mol. The van der Waals surface area contributed by atoms with E-state index in [1.165, 1.54) is 0 Å². The van der Waals surface area contributed by atoms with Crippen molar-refractivity contribution in [1.29, 1.82) is 0 Å². The van der Waals surface area contributed by atoms with Crippen molar-refractivity contribution in [2.45, 2.75) is 6.42 Å². The van der Waals surface area contributed by atoms with Crippen LogP contribution in [0.4, 0.5) is 11.8 Å². The zero-order valence-corrected chi connectivity index (χ0v) is 13.4. The Bertz CT molecular complexity index is 732. The van der Waals surface area contributed by atoms with Gasteiger partial charge in [0, 0.05) is 23.7 Å². The fraction of sp³-hybridized carbons (Fsp3) is 0.250. The van der Waals surface area contributed by atoms with Crippen LogP contribution in [0.25, 0.3) is 6.08 Å². The summed E-state index contributed by atoms with van der Waals surface area (Å²) in [6.45, 7) is 3.85. The summed E-state index contributed by atoms with van der Waals surface area (Å²) in [5.41, 5.74) is 13.9. The van der Waals surface area contributed by atoms with Crippen LogP contribution in [0.1, 0.15) is 16.7 Å². The lowest BCUT2D eigenvalue weighted by atomic mass is 9.98. The van der Waals surface area contributed by atoms with Crippen molar-refractivity contribution >= 4 is 17.8 Å². The zero-order chi connectivity index (χ0) is 17.0. The highest BCUT2D eigenvalue weighted by molar-refractivity contribution is 5.70. The van der Waals surface area contributed by atoms with E-state index in [1.807, 2.05) is 6.07 Å². The molecule has 0 fully saturated rings. The summed E-state index contributed by atoms with van der Waals surface area (Å²) in [4.78, 5) is 7.96. The Morgan fingerprint density at radius 1 is 1.09 bits per heavy atom. The molecule has 1 heterocycles. The lowest BCUT2D eigenvalue weighted by Gasteiger charge is -2.18. The highest BCUT2D eigenvalue weighted by atomic mass is 16.5. The Hall–Kier alpha value is -2.96. The molecule has 0 aliphatic heterocycles. The normalized spacial score (nSPS) is 10.2. The minimum Gasteiger partial charge on any atom is -0.493 e. The fourth-order valence-corrected chi connectivity index (χ4v) is 2.37. The van der Waals surface area contributed by atoms with Gasteiger partial charge in [-0.15, -0.1) is 0 Å². The van der Waals surface area contributed by atoms with Crippen molar-refractivity contribution in [3.05, 3.63) is 35.5 Å². The van der Waals surface area contributed by atoms with Gasteiger partial charge in [-0.05, 0) is 11.6 Å². The van der Waals surface area contributed by atoms with Crippen LogP contribution in [0, 0.1) is 0 Å².